The van der Waals surface area contributed by atoms with E-state index in [1.165, 1.54) is 25.7 Å². The van der Waals surface area contributed by atoms with Crippen molar-refractivity contribution < 1.29 is 0 Å². The molecule has 2 nitrogen and oxygen atoms in total. The van der Waals surface area contributed by atoms with E-state index in [0.29, 0.717) is 5.41 Å². The summed E-state index contributed by atoms with van der Waals surface area (Å²) >= 11 is 3.38. The van der Waals surface area contributed by atoms with Gasteiger partial charge in [0.25, 0.3) is 0 Å². The third-order valence-electron chi connectivity index (χ3n) is 3.11. The molecule has 1 saturated carbocycles. The zero-order chi connectivity index (χ0) is 10.7. The number of rotatable bonds is 5. The van der Waals surface area contributed by atoms with Crippen LogP contribution in [0.4, 0.5) is 5.82 Å². The van der Waals surface area contributed by atoms with Gasteiger partial charge in [0.1, 0.15) is 5.82 Å². The van der Waals surface area contributed by atoms with E-state index >= 15 is 0 Å². The van der Waals surface area contributed by atoms with Crippen molar-refractivity contribution in [1.82, 2.24) is 4.98 Å². The molecular weight excluding hydrogens is 252 g/mol. The normalized spacial score (nSPS) is 17.5. The van der Waals surface area contributed by atoms with Gasteiger partial charge in [-0.15, -0.1) is 0 Å². The van der Waals surface area contributed by atoms with Gasteiger partial charge in [-0.2, -0.15) is 0 Å². The van der Waals surface area contributed by atoms with Gasteiger partial charge in [-0.05, 0) is 52.7 Å². The van der Waals surface area contributed by atoms with Crippen LogP contribution in [-0.4, -0.2) is 11.5 Å². The Morgan fingerprint density at radius 3 is 2.80 bits per heavy atom. The Bertz CT molecular complexity index is 317. The van der Waals surface area contributed by atoms with E-state index < -0.39 is 0 Å². The first-order valence-electron chi connectivity index (χ1n) is 5.60. The van der Waals surface area contributed by atoms with Crippen molar-refractivity contribution in [1.29, 1.82) is 0 Å². The highest BCUT2D eigenvalue weighted by Crippen LogP contribution is 2.49. The summed E-state index contributed by atoms with van der Waals surface area (Å²) in [6.45, 7) is 3.34. The van der Waals surface area contributed by atoms with E-state index in [4.69, 9.17) is 0 Å². The van der Waals surface area contributed by atoms with Gasteiger partial charge in [-0.3, -0.25) is 0 Å². The maximum Gasteiger partial charge on any atom is 0.125 e. The van der Waals surface area contributed by atoms with Crippen LogP contribution < -0.4 is 5.32 Å². The lowest BCUT2D eigenvalue weighted by molar-refractivity contribution is 0.485. The fraction of sp³-hybridized carbons (Fsp3) is 0.583. The Hall–Kier alpha value is -0.570. The zero-order valence-corrected chi connectivity index (χ0v) is 10.7. The van der Waals surface area contributed by atoms with E-state index in [1.807, 2.05) is 18.3 Å². The molecule has 0 aromatic carbocycles. The summed E-state index contributed by atoms with van der Waals surface area (Å²) in [7, 11) is 0. The van der Waals surface area contributed by atoms with Crippen LogP contribution in [0.15, 0.2) is 22.8 Å². The van der Waals surface area contributed by atoms with Crippen LogP contribution in [-0.2, 0) is 0 Å². The minimum absolute atomic E-state index is 0.587. The van der Waals surface area contributed by atoms with Crippen molar-refractivity contribution in [2.75, 3.05) is 11.9 Å². The Morgan fingerprint density at radius 2 is 2.27 bits per heavy atom. The average molecular weight is 269 g/mol. The molecule has 3 heteroatoms. The topological polar surface area (TPSA) is 24.9 Å². The molecule has 1 aliphatic rings. The SMILES string of the molecule is CCCC1(CNc2ccc(Br)cn2)CC1. The van der Waals surface area contributed by atoms with Gasteiger partial charge >= 0.3 is 0 Å². The van der Waals surface area contributed by atoms with E-state index in [0.717, 1.165) is 16.8 Å². The molecule has 1 aliphatic carbocycles. The van der Waals surface area contributed by atoms with Crippen LogP contribution in [0.25, 0.3) is 0 Å². The fourth-order valence-electron chi connectivity index (χ4n) is 1.98. The maximum absolute atomic E-state index is 4.31. The van der Waals surface area contributed by atoms with Crippen LogP contribution >= 0.6 is 15.9 Å². The summed E-state index contributed by atoms with van der Waals surface area (Å²) in [5.74, 6) is 0.987. The average Bonchev–Trinajstić information content (AvgIpc) is 2.99. The third kappa shape index (κ3) is 2.94. The van der Waals surface area contributed by atoms with Crippen molar-refractivity contribution in [3.63, 3.8) is 0 Å². The molecule has 0 amide bonds. The number of pyridine rings is 1. The van der Waals surface area contributed by atoms with Gasteiger partial charge in [0.15, 0.2) is 0 Å². The van der Waals surface area contributed by atoms with Crippen LogP contribution in [0.5, 0.6) is 0 Å². The molecule has 0 spiro atoms. The van der Waals surface area contributed by atoms with Crippen molar-refractivity contribution in [3.05, 3.63) is 22.8 Å². The quantitative estimate of drug-likeness (QED) is 0.878. The molecule has 1 fully saturated rings. The Kier molecular flexibility index (Phi) is 3.29. The van der Waals surface area contributed by atoms with Gasteiger partial charge < -0.3 is 5.32 Å². The van der Waals surface area contributed by atoms with Crippen molar-refractivity contribution in [2.24, 2.45) is 5.41 Å². The van der Waals surface area contributed by atoms with Gasteiger partial charge in [0.05, 0.1) is 0 Å². The zero-order valence-electron chi connectivity index (χ0n) is 9.09. The molecule has 82 valence electrons. The predicted molar refractivity (Wildman–Crippen MR) is 67.0 cm³/mol. The first kappa shape index (κ1) is 10.9. The van der Waals surface area contributed by atoms with Crippen molar-refractivity contribution in [2.45, 2.75) is 32.6 Å². The largest absolute Gasteiger partial charge is 0.370 e. The lowest BCUT2D eigenvalue weighted by atomic mass is 10.0. The molecule has 1 heterocycles. The molecule has 1 N–H and O–H groups in total. The second-order valence-corrected chi connectivity index (χ2v) is 5.38. The van der Waals surface area contributed by atoms with E-state index in [9.17, 15) is 0 Å². The van der Waals surface area contributed by atoms with Gasteiger partial charge in [0.2, 0.25) is 0 Å². The minimum Gasteiger partial charge on any atom is -0.370 e. The number of nitrogens with one attached hydrogen (secondary N) is 1. The predicted octanol–water partition coefficient (Wildman–Crippen LogP) is 3.84. The first-order chi connectivity index (χ1) is 7.24. The fourth-order valence-corrected chi connectivity index (χ4v) is 2.22. The number of halogens is 1. The molecule has 1 aromatic rings. The lowest BCUT2D eigenvalue weighted by Crippen LogP contribution is -2.15. The molecule has 0 atom stereocenters. The molecule has 0 saturated heterocycles. The summed E-state index contributed by atoms with van der Waals surface area (Å²) in [6.07, 6.45) is 7.22. The van der Waals surface area contributed by atoms with E-state index in [-0.39, 0.29) is 0 Å². The second kappa shape index (κ2) is 4.52. The smallest absolute Gasteiger partial charge is 0.125 e. The third-order valence-corrected chi connectivity index (χ3v) is 3.58. The van der Waals surface area contributed by atoms with Gasteiger partial charge in [-0.1, -0.05) is 13.3 Å². The number of hydrogen-bond acceptors (Lipinski definition) is 2. The van der Waals surface area contributed by atoms with Crippen molar-refractivity contribution >= 4 is 21.7 Å². The summed E-state index contributed by atoms with van der Waals surface area (Å²) in [6, 6.07) is 4.04. The highest BCUT2D eigenvalue weighted by Gasteiger charge is 2.41. The maximum atomic E-state index is 4.31. The molecule has 2 rings (SSSR count). The van der Waals surface area contributed by atoms with Crippen LogP contribution in [0.1, 0.15) is 32.6 Å². The summed E-state index contributed by atoms with van der Waals surface area (Å²) in [4.78, 5) is 4.31. The Labute approximate surface area is 99.6 Å². The van der Waals surface area contributed by atoms with Gasteiger partial charge in [-0.25, -0.2) is 4.98 Å². The highest BCUT2D eigenvalue weighted by molar-refractivity contribution is 9.10. The molecular formula is C12H17BrN2. The number of aromatic nitrogens is 1. The monoisotopic (exact) mass is 268 g/mol. The molecule has 0 bridgehead atoms. The molecule has 15 heavy (non-hydrogen) atoms. The van der Waals surface area contributed by atoms with Crippen molar-refractivity contribution in [3.8, 4) is 0 Å². The summed E-state index contributed by atoms with van der Waals surface area (Å²) in [5, 5.41) is 3.43. The van der Waals surface area contributed by atoms with E-state index in [2.05, 4.69) is 33.2 Å². The lowest BCUT2D eigenvalue weighted by Gasteiger charge is -2.15. The van der Waals surface area contributed by atoms with Crippen LogP contribution in [0.2, 0.25) is 0 Å². The molecule has 0 aliphatic heterocycles. The Balaban J connectivity index is 1.85. The highest BCUT2D eigenvalue weighted by atomic mass is 79.9. The van der Waals surface area contributed by atoms with Crippen LogP contribution in [0, 0.1) is 5.41 Å². The first-order valence-corrected chi connectivity index (χ1v) is 6.39. The molecule has 0 unspecified atom stereocenters. The second-order valence-electron chi connectivity index (χ2n) is 4.47. The molecule has 1 aromatic heterocycles. The Morgan fingerprint density at radius 1 is 1.47 bits per heavy atom. The number of anilines is 1. The number of hydrogen-bond donors (Lipinski definition) is 1. The summed E-state index contributed by atoms with van der Waals surface area (Å²) in [5.41, 5.74) is 0.587. The minimum atomic E-state index is 0.587. The van der Waals surface area contributed by atoms with Crippen LogP contribution in [0.3, 0.4) is 0 Å². The van der Waals surface area contributed by atoms with E-state index in [1.54, 1.807) is 0 Å². The molecule has 0 radical (unpaired) electrons. The standard InChI is InChI=1S/C12H17BrN2/c1-2-5-12(6-7-12)9-15-11-4-3-10(13)8-14-11/h3-4,8H,2,5-7,9H2,1H3,(H,14,15). The summed E-state index contributed by atoms with van der Waals surface area (Å²) < 4.78 is 1.03. The number of nitrogens with zero attached hydrogens (tertiary/aromatic N) is 1. The van der Waals surface area contributed by atoms with Gasteiger partial charge in [0, 0.05) is 17.2 Å².